The van der Waals surface area contributed by atoms with E-state index in [2.05, 4.69) is 20.1 Å². The number of hydrogen-bond acceptors (Lipinski definition) is 3. The summed E-state index contributed by atoms with van der Waals surface area (Å²) >= 11 is 0. The molecule has 0 amide bonds. The fraction of sp³-hybridized carbons (Fsp3) is 0.650. The summed E-state index contributed by atoms with van der Waals surface area (Å²) in [6, 6.07) is 4.49. The van der Waals surface area contributed by atoms with Gasteiger partial charge in [0.2, 0.25) is 0 Å². The maximum Gasteiger partial charge on any atom is 0.193 e. The fourth-order valence-electron chi connectivity index (χ4n) is 4.26. The minimum Gasteiger partial charge on any atom is -0.366 e. The Morgan fingerprint density at radius 1 is 1.11 bits per heavy atom. The molecule has 7 heteroatoms. The number of halogens is 2. The number of guanidine groups is 1. The molecule has 4 rings (SSSR count). The lowest BCUT2D eigenvalue weighted by Crippen LogP contribution is -2.53. The van der Waals surface area contributed by atoms with Gasteiger partial charge in [-0.15, -0.1) is 0 Å². The molecule has 2 heterocycles. The zero-order chi connectivity index (χ0) is 18.8. The molecule has 1 aliphatic carbocycles. The summed E-state index contributed by atoms with van der Waals surface area (Å²) in [5, 5.41) is 3.53. The number of nitrogens with one attached hydrogen (secondary N) is 1. The molecule has 0 aromatic heterocycles. The SMILES string of the molecule is CN=C(NCC1CCN(C2CC2)C1)N1CCN(c2cc(F)ccc2F)CC1. The Kier molecular flexibility index (Phi) is 5.48. The molecule has 1 aromatic rings. The topological polar surface area (TPSA) is 34.1 Å². The van der Waals surface area contributed by atoms with Crippen molar-refractivity contribution in [2.24, 2.45) is 10.9 Å². The van der Waals surface area contributed by atoms with Crippen molar-refractivity contribution < 1.29 is 8.78 Å². The summed E-state index contributed by atoms with van der Waals surface area (Å²) in [6.45, 7) is 6.17. The van der Waals surface area contributed by atoms with Crippen molar-refractivity contribution in [2.75, 3.05) is 57.8 Å². The highest BCUT2D eigenvalue weighted by Crippen LogP contribution is 2.31. The Morgan fingerprint density at radius 2 is 1.89 bits per heavy atom. The number of hydrogen-bond donors (Lipinski definition) is 1. The van der Waals surface area contributed by atoms with Gasteiger partial charge in [-0.2, -0.15) is 0 Å². The van der Waals surface area contributed by atoms with E-state index in [4.69, 9.17) is 0 Å². The molecule has 1 atom stereocenters. The molecule has 1 N–H and O–H groups in total. The molecule has 148 valence electrons. The van der Waals surface area contributed by atoms with E-state index in [9.17, 15) is 8.78 Å². The molecular weight excluding hydrogens is 348 g/mol. The fourth-order valence-corrected chi connectivity index (χ4v) is 4.26. The van der Waals surface area contributed by atoms with E-state index in [0.29, 0.717) is 24.7 Å². The van der Waals surface area contributed by atoms with E-state index >= 15 is 0 Å². The molecule has 0 spiro atoms. The monoisotopic (exact) mass is 377 g/mol. The minimum atomic E-state index is -0.400. The first-order valence-electron chi connectivity index (χ1n) is 10.0. The quantitative estimate of drug-likeness (QED) is 0.644. The van der Waals surface area contributed by atoms with Crippen molar-refractivity contribution in [1.82, 2.24) is 15.1 Å². The molecule has 0 bridgehead atoms. The average molecular weight is 377 g/mol. The third kappa shape index (κ3) is 4.34. The van der Waals surface area contributed by atoms with Crippen molar-refractivity contribution in [3.05, 3.63) is 29.8 Å². The van der Waals surface area contributed by atoms with Crippen molar-refractivity contribution in [3.63, 3.8) is 0 Å². The van der Waals surface area contributed by atoms with Crippen LogP contribution in [0.1, 0.15) is 19.3 Å². The lowest BCUT2D eigenvalue weighted by Gasteiger charge is -2.38. The van der Waals surface area contributed by atoms with Gasteiger partial charge in [0.05, 0.1) is 5.69 Å². The standard InChI is InChI=1S/C20H29F2N5/c1-23-20(24-13-15-6-7-27(14-15)17-3-4-17)26-10-8-25(9-11-26)19-12-16(21)2-5-18(19)22/h2,5,12,15,17H,3-4,6-11,13-14H2,1H3,(H,23,24). The molecule has 2 saturated heterocycles. The van der Waals surface area contributed by atoms with Gasteiger partial charge in [-0.05, 0) is 43.9 Å². The number of aliphatic imine (C=N–C) groups is 1. The smallest absolute Gasteiger partial charge is 0.193 e. The van der Waals surface area contributed by atoms with E-state index in [1.165, 1.54) is 44.5 Å². The number of benzene rings is 1. The molecule has 1 saturated carbocycles. The van der Waals surface area contributed by atoms with Crippen LogP contribution >= 0.6 is 0 Å². The molecular formula is C20H29F2N5. The zero-order valence-corrected chi connectivity index (χ0v) is 16.0. The normalized spacial score (nSPS) is 24.6. The van der Waals surface area contributed by atoms with Gasteiger partial charge in [0.25, 0.3) is 0 Å². The van der Waals surface area contributed by atoms with Gasteiger partial charge in [-0.25, -0.2) is 8.78 Å². The zero-order valence-electron chi connectivity index (χ0n) is 16.0. The summed E-state index contributed by atoms with van der Waals surface area (Å²) in [5.74, 6) is 0.834. The number of nitrogens with zero attached hydrogens (tertiary/aromatic N) is 4. The minimum absolute atomic E-state index is 0.351. The summed E-state index contributed by atoms with van der Waals surface area (Å²) in [6.07, 6.45) is 4.00. The second-order valence-corrected chi connectivity index (χ2v) is 7.88. The number of anilines is 1. The lowest BCUT2D eigenvalue weighted by atomic mass is 10.1. The first-order valence-corrected chi connectivity index (χ1v) is 10.0. The number of likely N-dealkylation sites (tertiary alicyclic amines) is 1. The Hall–Kier alpha value is -1.89. The van der Waals surface area contributed by atoms with Crippen LogP contribution in [-0.4, -0.2) is 74.7 Å². The Bertz CT molecular complexity index is 683. The van der Waals surface area contributed by atoms with Crippen molar-refractivity contribution >= 4 is 11.6 Å². The highest BCUT2D eigenvalue weighted by atomic mass is 19.1. The second-order valence-electron chi connectivity index (χ2n) is 7.88. The largest absolute Gasteiger partial charge is 0.366 e. The van der Waals surface area contributed by atoms with Crippen molar-refractivity contribution in [1.29, 1.82) is 0 Å². The van der Waals surface area contributed by atoms with Crippen LogP contribution in [-0.2, 0) is 0 Å². The van der Waals surface area contributed by atoms with E-state index < -0.39 is 5.82 Å². The van der Waals surface area contributed by atoms with Gasteiger partial charge in [-0.3, -0.25) is 4.99 Å². The van der Waals surface area contributed by atoms with Crippen LogP contribution in [0.4, 0.5) is 14.5 Å². The molecule has 3 fully saturated rings. The van der Waals surface area contributed by atoms with Crippen LogP contribution in [0.25, 0.3) is 0 Å². The predicted molar refractivity (Wildman–Crippen MR) is 104 cm³/mol. The van der Waals surface area contributed by atoms with Gasteiger partial charge in [0, 0.05) is 58.4 Å². The van der Waals surface area contributed by atoms with Crippen LogP contribution in [0, 0.1) is 17.6 Å². The molecule has 2 aliphatic heterocycles. The van der Waals surface area contributed by atoms with Gasteiger partial charge < -0.3 is 20.0 Å². The van der Waals surface area contributed by atoms with E-state index in [0.717, 1.165) is 37.7 Å². The Morgan fingerprint density at radius 3 is 2.59 bits per heavy atom. The Balaban J connectivity index is 1.27. The summed E-state index contributed by atoms with van der Waals surface area (Å²) in [4.78, 5) is 11.2. The molecule has 27 heavy (non-hydrogen) atoms. The molecule has 1 unspecified atom stereocenters. The average Bonchev–Trinajstić information content (AvgIpc) is 3.43. The summed E-state index contributed by atoms with van der Waals surface area (Å²) < 4.78 is 27.5. The lowest BCUT2D eigenvalue weighted by molar-refractivity contribution is 0.312. The van der Waals surface area contributed by atoms with Crippen molar-refractivity contribution in [3.8, 4) is 0 Å². The molecule has 5 nitrogen and oxygen atoms in total. The third-order valence-corrected chi connectivity index (χ3v) is 5.97. The third-order valence-electron chi connectivity index (χ3n) is 5.97. The first kappa shape index (κ1) is 18.5. The maximum atomic E-state index is 14.0. The van der Waals surface area contributed by atoms with E-state index in [-0.39, 0.29) is 5.82 Å². The van der Waals surface area contributed by atoms with E-state index in [1.54, 1.807) is 0 Å². The van der Waals surface area contributed by atoms with Crippen LogP contribution in [0.5, 0.6) is 0 Å². The van der Waals surface area contributed by atoms with Crippen LogP contribution < -0.4 is 10.2 Å². The van der Waals surface area contributed by atoms with E-state index in [1.807, 2.05) is 11.9 Å². The highest BCUT2D eigenvalue weighted by molar-refractivity contribution is 5.80. The van der Waals surface area contributed by atoms with Gasteiger partial charge in [0.15, 0.2) is 5.96 Å². The maximum absolute atomic E-state index is 14.0. The summed E-state index contributed by atoms with van der Waals surface area (Å²) in [7, 11) is 1.81. The van der Waals surface area contributed by atoms with Gasteiger partial charge >= 0.3 is 0 Å². The Labute approximate surface area is 160 Å². The molecule has 1 aromatic carbocycles. The van der Waals surface area contributed by atoms with Crippen molar-refractivity contribution in [2.45, 2.75) is 25.3 Å². The molecule has 0 radical (unpaired) electrons. The van der Waals surface area contributed by atoms with Gasteiger partial charge in [0.1, 0.15) is 11.6 Å². The number of piperazine rings is 1. The van der Waals surface area contributed by atoms with Crippen LogP contribution in [0.3, 0.4) is 0 Å². The van der Waals surface area contributed by atoms with Crippen LogP contribution in [0.15, 0.2) is 23.2 Å². The highest BCUT2D eigenvalue weighted by Gasteiger charge is 2.34. The first-order chi connectivity index (χ1) is 13.1. The second kappa shape index (κ2) is 8.00. The number of rotatable bonds is 4. The van der Waals surface area contributed by atoms with Gasteiger partial charge in [-0.1, -0.05) is 0 Å². The summed E-state index contributed by atoms with van der Waals surface area (Å²) in [5.41, 5.74) is 0.351. The molecule has 3 aliphatic rings. The van der Waals surface area contributed by atoms with Crippen LogP contribution in [0.2, 0.25) is 0 Å². The predicted octanol–water partition coefficient (Wildman–Crippen LogP) is 2.15.